The van der Waals surface area contributed by atoms with Gasteiger partial charge in [-0.25, -0.2) is 4.79 Å². The molecule has 0 aliphatic heterocycles. The van der Waals surface area contributed by atoms with Crippen molar-refractivity contribution in [1.82, 2.24) is 15.6 Å². The number of methoxy groups -OCH3 is 1. The molecule has 3 N–H and O–H groups in total. The van der Waals surface area contributed by atoms with Crippen molar-refractivity contribution in [2.24, 2.45) is 0 Å². The van der Waals surface area contributed by atoms with E-state index in [9.17, 15) is 9.59 Å². The zero-order valence-electron chi connectivity index (χ0n) is 14.2. The lowest BCUT2D eigenvalue weighted by molar-refractivity contribution is 0.185. The van der Waals surface area contributed by atoms with E-state index in [1.165, 1.54) is 0 Å². The highest BCUT2D eigenvalue weighted by Gasteiger charge is 2.07. The summed E-state index contributed by atoms with van der Waals surface area (Å²) in [7, 11) is 1.65. The molecule has 0 radical (unpaired) electrons. The van der Waals surface area contributed by atoms with Crippen molar-refractivity contribution in [2.75, 3.05) is 7.11 Å². The van der Waals surface area contributed by atoms with Crippen LogP contribution in [0.3, 0.4) is 0 Å². The monoisotopic (exact) mass is 329 g/mol. The summed E-state index contributed by atoms with van der Waals surface area (Å²) in [6.07, 6.45) is 0. The van der Waals surface area contributed by atoms with Crippen molar-refractivity contribution in [3.63, 3.8) is 0 Å². The van der Waals surface area contributed by atoms with Gasteiger partial charge in [0, 0.05) is 24.9 Å². The number of amides is 2. The molecule has 0 saturated carbocycles. The van der Waals surface area contributed by atoms with Gasteiger partial charge in [0.2, 0.25) is 0 Å². The number of aromatic nitrogens is 1. The van der Waals surface area contributed by atoms with Crippen LogP contribution in [0.2, 0.25) is 0 Å². The van der Waals surface area contributed by atoms with Gasteiger partial charge in [-0.2, -0.15) is 0 Å². The molecule has 0 aliphatic rings. The van der Waals surface area contributed by atoms with Crippen LogP contribution in [-0.2, 0) is 24.4 Å². The molecule has 1 heterocycles. The summed E-state index contributed by atoms with van der Waals surface area (Å²) < 4.78 is 5.06. The van der Waals surface area contributed by atoms with Crippen LogP contribution in [0.4, 0.5) is 4.79 Å². The Morgan fingerprint density at radius 1 is 1.08 bits per heavy atom. The van der Waals surface area contributed by atoms with Gasteiger partial charge >= 0.3 is 6.03 Å². The second-order valence-corrected chi connectivity index (χ2v) is 5.73. The molecule has 1 aromatic heterocycles. The van der Waals surface area contributed by atoms with Crippen molar-refractivity contribution in [1.29, 1.82) is 0 Å². The lowest BCUT2D eigenvalue weighted by atomic mass is 10.1. The molecule has 128 valence electrons. The van der Waals surface area contributed by atoms with E-state index in [0.29, 0.717) is 18.7 Å². The summed E-state index contributed by atoms with van der Waals surface area (Å²) in [4.78, 5) is 26.5. The fourth-order valence-electron chi connectivity index (χ4n) is 2.43. The van der Waals surface area contributed by atoms with Gasteiger partial charge in [-0.15, -0.1) is 0 Å². The number of nitrogens with one attached hydrogen (secondary N) is 3. The number of aryl methyl sites for hydroxylation is 2. The summed E-state index contributed by atoms with van der Waals surface area (Å²) in [6.45, 7) is 4.87. The molecule has 0 unspecified atom stereocenters. The first-order chi connectivity index (χ1) is 11.5. The third-order valence-electron chi connectivity index (χ3n) is 3.71. The van der Waals surface area contributed by atoms with Crippen molar-refractivity contribution in [2.45, 2.75) is 33.5 Å². The molecule has 0 spiro atoms. The highest BCUT2D eigenvalue weighted by atomic mass is 16.5. The van der Waals surface area contributed by atoms with E-state index < -0.39 is 0 Å². The maximum Gasteiger partial charge on any atom is 0.315 e. The minimum atomic E-state index is -0.310. The van der Waals surface area contributed by atoms with Gasteiger partial charge < -0.3 is 20.4 Å². The second kappa shape index (κ2) is 8.31. The molecule has 6 nitrogen and oxygen atoms in total. The van der Waals surface area contributed by atoms with E-state index in [4.69, 9.17) is 4.74 Å². The van der Waals surface area contributed by atoms with E-state index in [0.717, 1.165) is 22.4 Å². The van der Waals surface area contributed by atoms with E-state index in [1.54, 1.807) is 7.11 Å². The van der Waals surface area contributed by atoms with E-state index in [2.05, 4.69) is 15.6 Å². The van der Waals surface area contributed by atoms with Crippen LogP contribution in [0.25, 0.3) is 0 Å². The fraction of sp³-hybridized carbons (Fsp3) is 0.333. The molecular weight excluding hydrogens is 306 g/mol. The van der Waals surface area contributed by atoms with Gasteiger partial charge in [0.15, 0.2) is 0 Å². The maximum absolute atomic E-state index is 11.9. The van der Waals surface area contributed by atoms with Gasteiger partial charge in [-0.05, 0) is 36.6 Å². The Bertz CT molecular complexity index is 751. The fourth-order valence-corrected chi connectivity index (χ4v) is 2.43. The number of urea groups is 1. The number of carbonyl (C=O) groups is 1. The Morgan fingerprint density at radius 3 is 2.33 bits per heavy atom. The quantitative estimate of drug-likeness (QED) is 0.759. The Balaban J connectivity index is 1.84. The number of pyridine rings is 1. The van der Waals surface area contributed by atoms with Crippen molar-refractivity contribution in [3.8, 4) is 0 Å². The molecule has 2 amide bonds. The van der Waals surface area contributed by atoms with Gasteiger partial charge in [0.25, 0.3) is 5.56 Å². The number of benzene rings is 1. The molecule has 0 atom stereocenters. The van der Waals surface area contributed by atoms with Gasteiger partial charge in [-0.3, -0.25) is 4.79 Å². The largest absolute Gasteiger partial charge is 0.380 e. The number of carbonyl (C=O) groups excluding carboxylic acids is 1. The number of hydrogen-bond acceptors (Lipinski definition) is 3. The lowest BCUT2D eigenvalue weighted by Crippen LogP contribution is -2.36. The van der Waals surface area contributed by atoms with Crippen LogP contribution >= 0.6 is 0 Å². The molecular formula is C18H23N3O3. The molecule has 0 bridgehead atoms. The zero-order chi connectivity index (χ0) is 17.5. The molecule has 24 heavy (non-hydrogen) atoms. The first-order valence-corrected chi connectivity index (χ1v) is 7.77. The highest BCUT2D eigenvalue weighted by molar-refractivity contribution is 5.73. The minimum absolute atomic E-state index is 0.165. The first-order valence-electron chi connectivity index (χ1n) is 7.77. The average molecular weight is 329 g/mol. The number of hydrogen-bond donors (Lipinski definition) is 3. The lowest BCUT2D eigenvalue weighted by Gasteiger charge is -2.10. The smallest absolute Gasteiger partial charge is 0.315 e. The summed E-state index contributed by atoms with van der Waals surface area (Å²) in [5.74, 6) is 0. The zero-order valence-corrected chi connectivity index (χ0v) is 14.2. The highest BCUT2D eigenvalue weighted by Crippen LogP contribution is 2.05. The van der Waals surface area contributed by atoms with Gasteiger partial charge in [0.1, 0.15) is 0 Å². The van der Waals surface area contributed by atoms with Crippen molar-refractivity contribution < 1.29 is 9.53 Å². The van der Waals surface area contributed by atoms with Crippen LogP contribution in [0.5, 0.6) is 0 Å². The Kier molecular flexibility index (Phi) is 6.14. The van der Waals surface area contributed by atoms with Crippen LogP contribution in [0.15, 0.2) is 35.1 Å². The summed E-state index contributed by atoms with van der Waals surface area (Å²) in [5.41, 5.74) is 4.16. The molecule has 0 fully saturated rings. The molecule has 2 rings (SSSR count). The summed E-state index contributed by atoms with van der Waals surface area (Å²) in [5, 5.41) is 5.49. The SMILES string of the molecule is COCc1ccc(CNC(=O)NCc2c(C)cc(C)[nH]c2=O)cc1. The second-order valence-electron chi connectivity index (χ2n) is 5.73. The van der Waals surface area contributed by atoms with Crippen LogP contribution in [0, 0.1) is 13.8 Å². The topological polar surface area (TPSA) is 83.2 Å². The minimum Gasteiger partial charge on any atom is -0.380 e. The normalized spacial score (nSPS) is 10.5. The number of aromatic amines is 1. The summed E-state index contributed by atoms with van der Waals surface area (Å²) in [6, 6.07) is 9.40. The van der Waals surface area contributed by atoms with E-state index in [-0.39, 0.29) is 18.1 Å². The number of rotatable bonds is 6. The first kappa shape index (κ1) is 17.7. The van der Waals surface area contributed by atoms with Crippen LogP contribution in [0.1, 0.15) is 27.9 Å². The number of H-pyrrole nitrogens is 1. The van der Waals surface area contributed by atoms with Crippen molar-refractivity contribution >= 4 is 6.03 Å². The maximum atomic E-state index is 11.9. The average Bonchev–Trinajstić information content (AvgIpc) is 2.53. The van der Waals surface area contributed by atoms with E-state index in [1.807, 2.05) is 44.2 Å². The molecule has 2 aromatic rings. The summed E-state index contributed by atoms with van der Waals surface area (Å²) >= 11 is 0. The predicted octanol–water partition coefficient (Wildman–Crippen LogP) is 2.14. The van der Waals surface area contributed by atoms with Crippen LogP contribution in [-0.4, -0.2) is 18.1 Å². The molecule has 0 aliphatic carbocycles. The predicted molar refractivity (Wildman–Crippen MR) is 92.8 cm³/mol. The third-order valence-corrected chi connectivity index (χ3v) is 3.71. The molecule has 6 heteroatoms. The molecule has 0 saturated heterocycles. The van der Waals surface area contributed by atoms with Crippen LogP contribution < -0.4 is 16.2 Å². The Hall–Kier alpha value is -2.60. The third kappa shape index (κ3) is 4.96. The Labute approximate surface area is 141 Å². The van der Waals surface area contributed by atoms with Gasteiger partial charge in [-0.1, -0.05) is 24.3 Å². The standard InChI is InChI=1S/C18H23N3O3/c1-12-8-13(2)21-17(22)16(12)10-20-18(23)19-9-14-4-6-15(7-5-14)11-24-3/h4-8H,9-11H2,1-3H3,(H,21,22)(H2,19,20,23). The molecule has 1 aromatic carbocycles. The number of ether oxygens (including phenoxy) is 1. The van der Waals surface area contributed by atoms with Crippen molar-refractivity contribution in [3.05, 3.63) is 68.6 Å². The van der Waals surface area contributed by atoms with Gasteiger partial charge in [0.05, 0.1) is 13.2 Å². The Morgan fingerprint density at radius 2 is 1.71 bits per heavy atom. The van der Waals surface area contributed by atoms with E-state index >= 15 is 0 Å².